The van der Waals surface area contributed by atoms with Gasteiger partial charge in [0.1, 0.15) is 5.82 Å². The minimum atomic E-state index is -0.459. The van der Waals surface area contributed by atoms with Gasteiger partial charge in [-0.1, -0.05) is 30.3 Å². The predicted octanol–water partition coefficient (Wildman–Crippen LogP) is 2.82. The highest BCUT2D eigenvalue weighted by Gasteiger charge is 2.01. The standard InChI is InChI=1S/C8H5ClF/c1-2-6-4-3-5-7(9)8(6)10/h3-5H,1H2. The van der Waals surface area contributed by atoms with Gasteiger partial charge in [0, 0.05) is 5.56 Å². The van der Waals surface area contributed by atoms with Crippen LogP contribution in [-0.4, -0.2) is 0 Å². The van der Waals surface area contributed by atoms with Crippen LogP contribution >= 0.6 is 11.6 Å². The topological polar surface area (TPSA) is 0 Å². The normalized spacial score (nSPS) is 9.40. The zero-order valence-electron chi connectivity index (χ0n) is 5.20. The van der Waals surface area contributed by atoms with E-state index in [9.17, 15) is 4.39 Å². The molecule has 0 fully saturated rings. The summed E-state index contributed by atoms with van der Waals surface area (Å²) in [6.07, 6.45) is 2.43. The Morgan fingerprint density at radius 2 is 2.20 bits per heavy atom. The summed E-state index contributed by atoms with van der Waals surface area (Å²) in [5.41, 5.74) is 0.313. The molecule has 10 heavy (non-hydrogen) atoms. The third-order valence-electron chi connectivity index (χ3n) is 1.14. The van der Waals surface area contributed by atoms with Crippen molar-refractivity contribution in [2.45, 2.75) is 0 Å². The van der Waals surface area contributed by atoms with Gasteiger partial charge in [0.25, 0.3) is 0 Å². The van der Waals surface area contributed by atoms with Crippen molar-refractivity contribution < 1.29 is 4.39 Å². The predicted molar refractivity (Wildman–Crippen MR) is 39.4 cm³/mol. The quantitative estimate of drug-likeness (QED) is 0.585. The summed E-state index contributed by atoms with van der Waals surface area (Å²) in [6, 6.07) is 4.70. The van der Waals surface area contributed by atoms with Crippen molar-refractivity contribution in [1.29, 1.82) is 0 Å². The first-order valence-corrected chi connectivity index (χ1v) is 3.10. The summed E-state index contributed by atoms with van der Waals surface area (Å²) in [6.45, 7) is 3.31. The van der Waals surface area contributed by atoms with Crippen LogP contribution in [0.5, 0.6) is 0 Å². The molecule has 0 aromatic heterocycles. The van der Waals surface area contributed by atoms with E-state index in [1.54, 1.807) is 12.1 Å². The zero-order chi connectivity index (χ0) is 7.56. The second kappa shape index (κ2) is 2.84. The SMILES string of the molecule is C=[C]c1cccc(Cl)c1F. The Labute approximate surface area is 63.9 Å². The Morgan fingerprint density at radius 3 is 2.70 bits per heavy atom. The fourth-order valence-corrected chi connectivity index (χ4v) is 0.815. The van der Waals surface area contributed by atoms with Gasteiger partial charge < -0.3 is 0 Å². The second-order valence-corrected chi connectivity index (χ2v) is 2.19. The zero-order valence-corrected chi connectivity index (χ0v) is 5.95. The minimum Gasteiger partial charge on any atom is -0.205 e. The van der Waals surface area contributed by atoms with Gasteiger partial charge in [-0.2, -0.15) is 0 Å². The average Bonchev–Trinajstić information content (AvgIpc) is 1.95. The van der Waals surface area contributed by atoms with Crippen LogP contribution in [0.25, 0.3) is 0 Å². The Hall–Kier alpha value is -0.820. The van der Waals surface area contributed by atoms with E-state index >= 15 is 0 Å². The van der Waals surface area contributed by atoms with Crippen molar-refractivity contribution in [1.82, 2.24) is 0 Å². The molecule has 1 aromatic carbocycles. The van der Waals surface area contributed by atoms with Crippen LogP contribution in [0.1, 0.15) is 5.56 Å². The molecule has 0 atom stereocenters. The van der Waals surface area contributed by atoms with Gasteiger partial charge in [-0.05, 0) is 12.1 Å². The van der Waals surface area contributed by atoms with Crippen molar-refractivity contribution in [3.63, 3.8) is 0 Å². The van der Waals surface area contributed by atoms with E-state index in [-0.39, 0.29) is 5.02 Å². The van der Waals surface area contributed by atoms with Crippen LogP contribution in [0.2, 0.25) is 5.02 Å². The molecule has 0 N–H and O–H groups in total. The molecule has 51 valence electrons. The van der Waals surface area contributed by atoms with Gasteiger partial charge in [0.05, 0.1) is 5.02 Å². The first-order valence-electron chi connectivity index (χ1n) is 2.73. The lowest BCUT2D eigenvalue weighted by Gasteiger charge is -1.95. The van der Waals surface area contributed by atoms with Crippen LogP contribution in [-0.2, 0) is 0 Å². The van der Waals surface area contributed by atoms with Crippen molar-refractivity contribution in [2.75, 3.05) is 0 Å². The molecule has 0 saturated carbocycles. The number of benzene rings is 1. The minimum absolute atomic E-state index is 0.105. The molecule has 0 spiro atoms. The van der Waals surface area contributed by atoms with Crippen molar-refractivity contribution in [3.05, 3.63) is 47.3 Å². The molecule has 0 saturated heterocycles. The van der Waals surface area contributed by atoms with Crippen LogP contribution in [0.3, 0.4) is 0 Å². The Morgan fingerprint density at radius 1 is 1.50 bits per heavy atom. The molecule has 2 heteroatoms. The van der Waals surface area contributed by atoms with E-state index in [1.165, 1.54) is 6.07 Å². The van der Waals surface area contributed by atoms with Crippen molar-refractivity contribution >= 4 is 11.6 Å². The molecule has 0 amide bonds. The molecule has 1 radical (unpaired) electrons. The molecule has 0 aliphatic heterocycles. The Balaban J connectivity index is 3.27. The number of halogens is 2. The highest BCUT2D eigenvalue weighted by atomic mass is 35.5. The van der Waals surface area contributed by atoms with Gasteiger partial charge in [-0.25, -0.2) is 4.39 Å². The lowest BCUT2D eigenvalue weighted by Crippen LogP contribution is -1.82. The molecule has 1 rings (SSSR count). The second-order valence-electron chi connectivity index (χ2n) is 1.78. The lowest BCUT2D eigenvalue weighted by atomic mass is 10.2. The van der Waals surface area contributed by atoms with E-state index in [2.05, 4.69) is 12.7 Å². The van der Waals surface area contributed by atoms with Crippen LogP contribution in [0.4, 0.5) is 4.39 Å². The van der Waals surface area contributed by atoms with Crippen molar-refractivity contribution in [2.24, 2.45) is 0 Å². The molecule has 0 nitrogen and oxygen atoms in total. The maximum atomic E-state index is 12.8. The third-order valence-corrected chi connectivity index (χ3v) is 1.43. The van der Waals surface area contributed by atoms with Gasteiger partial charge in [0.15, 0.2) is 0 Å². The summed E-state index contributed by atoms with van der Waals surface area (Å²) < 4.78 is 12.8. The fraction of sp³-hybridized carbons (Fsp3) is 0. The number of hydrogen-bond donors (Lipinski definition) is 0. The molecular weight excluding hydrogens is 151 g/mol. The van der Waals surface area contributed by atoms with E-state index < -0.39 is 5.82 Å². The number of rotatable bonds is 1. The first kappa shape index (κ1) is 7.29. The van der Waals surface area contributed by atoms with Gasteiger partial charge >= 0.3 is 0 Å². The molecule has 1 aromatic rings. The average molecular weight is 156 g/mol. The molecule has 0 aliphatic carbocycles. The Kier molecular flexibility index (Phi) is 2.07. The molecule has 0 unspecified atom stereocenters. The molecule has 0 bridgehead atoms. The third kappa shape index (κ3) is 1.19. The monoisotopic (exact) mass is 155 g/mol. The summed E-state index contributed by atoms with van der Waals surface area (Å²) in [7, 11) is 0. The van der Waals surface area contributed by atoms with Gasteiger partial charge in [-0.3, -0.25) is 0 Å². The first-order chi connectivity index (χ1) is 4.75. The van der Waals surface area contributed by atoms with Crippen LogP contribution in [0, 0.1) is 11.9 Å². The smallest absolute Gasteiger partial charge is 0.149 e. The maximum Gasteiger partial charge on any atom is 0.149 e. The van der Waals surface area contributed by atoms with Gasteiger partial charge in [0.2, 0.25) is 0 Å². The summed E-state index contributed by atoms with van der Waals surface area (Å²) >= 11 is 5.45. The molecular formula is C8H5ClF. The largest absolute Gasteiger partial charge is 0.205 e. The maximum absolute atomic E-state index is 12.8. The van der Waals surface area contributed by atoms with E-state index in [1.807, 2.05) is 0 Å². The van der Waals surface area contributed by atoms with Crippen LogP contribution < -0.4 is 0 Å². The summed E-state index contributed by atoms with van der Waals surface area (Å²) in [5, 5.41) is 0.105. The summed E-state index contributed by atoms with van der Waals surface area (Å²) in [4.78, 5) is 0. The van der Waals surface area contributed by atoms with Gasteiger partial charge in [-0.15, -0.1) is 0 Å². The van der Waals surface area contributed by atoms with E-state index in [0.717, 1.165) is 0 Å². The molecule has 0 aliphatic rings. The highest BCUT2D eigenvalue weighted by Crippen LogP contribution is 2.16. The fourth-order valence-electron chi connectivity index (χ4n) is 0.640. The lowest BCUT2D eigenvalue weighted by molar-refractivity contribution is 0.622. The summed E-state index contributed by atoms with van der Waals surface area (Å²) in [5.74, 6) is -0.459. The molecule has 0 heterocycles. The van der Waals surface area contributed by atoms with E-state index in [0.29, 0.717) is 5.56 Å². The van der Waals surface area contributed by atoms with Crippen LogP contribution in [0.15, 0.2) is 24.8 Å². The Bertz CT molecular complexity index is 255. The number of hydrogen-bond acceptors (Lipinski definition) is 0. The van der Waals surface area contributed by atoms with E-state index in [4.69, 9.17) is 11.6 Å². The van der Waals surface area contributed by atoms with Crippen molar-refractivity contribution in [3.8, 4) is 0 Å². The highest BCUT2D eigenvalue weighted by molar-refractivity contribution is 6.30.